The molecule has 7 heteroatoms. The van der Waals surface area contributed by atoms with Gasteiger partial charge in [0.25, 0.3) is 11.6 Å². The summed E-state index contributed by atoms with van der Waals surface area (Å²) in [5.74, 6) is 0.319. The Morgan fingerprint density at radius 1 is 1.50 bits per heavy atom. The lowest BCUT2D eigenvalue weighted by atomic mass is 9.99. The number of nitrogens with one attached hydrogen (secondary N) is 1. The first kappa shape index (κ1) is 18.2. The third kappa shape index (κ3) is 4.23. The van der Waals surface area contributed by atoms with Crippen molar-refractivity contribution in [2.45, 2.75) is 19.8 Å². The molecule has 1 fully saturated rings. The Morgan fingerprint density at radius 2 is 2.25 bits per heavy atom. The van der Waals surface area contributed by atoms with Gasteiger partial charge in [-0.3, -0.25) is 14.9 Å². The molecular weight excluding hydrogens is 308 g/mol. The van der Waals surface area contributed by atoms with Gasteiger partial charge in [-0.1, -0.05) is 6.92 Å². The predicted molar refractivity (Wildman–Crippen MR) is 94.6 cm³/mol. The number of nitro groups is 1. The zero-order valence-corrected chi connectivity index (χ0v) is 14.6. The first-order valence-corrected chi connectivity index (χ1v) is 8.37. The van der Waals surface area contributed by atoms with Gasteiger partial charge >= 0.3 is 0 Å². The molecule has 0 saturated carbocycles. The van der Waals surface area contributed by atoms with Crippen LogP contribution in [0, 0.1) is 16.0 Å². The minimum atomic E-state index is -0.390. The molecule has 24 heavy (non-hydrogen) atoms. The second-order valence-electron chi connectivity index (χ2n) is 6.48. The fourth-order valence-electron chi connectivity index (χ4n) is 3.08. The maximum Gasteiger partial charge on any atom is 0.293 e. The van der Waals surface area contributed by atoms with Gasteiger partial charge in [0.05, 0.1) is 4.92 Å². The molecule has 1 atom stereocenters. The lowest BCUT2D eigenvalue weighted by Crippen LogP contribution is -2.35. The maximum atomic E-state index is 12.4. The fraction of sp³-hybridized carbons (Fsp3) is 0.588. The van der Waals surface area contributed by atoms with Crippen LogP contribution < -0.4 is 10.2 Å². The predicted octanol–water partition coefficient (Wildman–Crippen LogP) is 2.12. The molecule has 1 aliphatic rings. The number of piperidine rings is 1. The minimum absolute atomic E-state index is 0.0111. The van der Waals surface area contributed by atoms with E-state index in [1.165, 1.54) is 6.07 Å². The van der Waals surface area contributed by atoms with Gasteiger partial charge in [-0.05, 0) is 37.9 Å². The summed E-state index contributed by atoms with van der Waals surface area (Å²) in [4.78, 5) is 27.2. The van der Waals surface area contributed by atoms with Crippen molar-refractivity contribution in [3.05, 3.63) is 33.9 Å². The van der Waals surface area contributed by atoms with Crippen LogP contribution in [0.4, 0.5) is 11.4 Å². The van der Waals surface area contributed by atoms with Crippen molar-refractivity contribution >= 4 is 17.3 Å². The first-order valence-electron chi connectivity index (χ1n) is 8.37. The van der Waals surface area contributed by atoms with Gasteiger partial charge in [-0.2, -0.15) is 0 Å². The maximum absolute atomic E-state index is 12.4. The highest BCUT2D eigenvalue weighted by Gasteiger charge is 2.25. The Balaban J connectivity index is 2.26. The van der Waals surface area contributed by atoms with Crippen LogP contribution in [0.15, 0.2) is 18.2 Å². The van der Waals surface area contributed by atoms with E-state index in [4.69, 9.17) is 0 Å². The topological polar surface area (TPSA) is 78.7 Å². The highest BCUT2D eigenvalue weighted by Crippen LogP contribution is 2.32. The quantitative estimate of drug-likeness (QED) is 0.637. The average Bonchev–Trinajstić information content (AvgIpc) is 2.58. The Bertz CT molecular complexity index is 605. The van der Waals surface area contributed by atoms with Crippen molar-refractivity contribution in [2.24, 2.45) is 5.92 Å². The number of hydrogen-bond acceptors (Lipinski definition) is 5. The second kappa shape index (κ2) is 8.10. The number of nitrogens with zero attached hydrogens (tertiary/aromatic N) is 3. The van der Waals surface area contributed by atoms with Crippen LogP contribution in [0.3, 0.4) is 0 Å². The van der Waals surface area contributed by atoms with E-state index in [0.29, 0.717) is 30.3 Å². The van der Waals surface area contributed by atoms with Crippen LogP contribution in [0.1, 0.15) is 30.1 Å². The van der Waals surface area contributed by atoms with E-state index in [9.17, 15) is 14.9 Å². The number of hydrogen-bond donors (Lipinski definition) is 1. The van der Waals surface area contributed by atoms with E-state index in [1.54, 1.807) is 24.1 Å². The van der Waals surface area contributed by atoms with Gasteiger partial charge in [0, 0.05) is 44.9 Å². The van der Waals surface area contributed by atoms with E-state index >= 15 is 0 Å². The highest BCUT2D eigenvalue weighted by atomic mass is 16.6. The highest BCUT2D eigenvalue weighted by molar-refractivity contribution is 5.95. The molecule has 1 amide bonds. The summed E-state index contributed by atoms with van der Waals surface area (Å²) in [7, 11) is 3.52. The van der Waals surface area contributed by atoms with Crippen LogP contribution >= 0.6 is 0 Å². The minimum Gasteiger partial charge on any atom is -0.366 e. The van der Waals surface area contributed by atoms with Gasteiger partial charge in [0.1, 0.15) is 5.69 Å². The van der Waals surface area contributed by atoms with Crippen LogP contribution in [-0.2, 0) is 0 Å². The summed E-state index contributed by atoms with van der Waals surface area (Å²) < 4.78 is 0. The molecule has 1 saturated heterocycles. The molecule has 1 unspecified atom stereocenters. The number of amides is 1. The van der Waals surface area contributed by atoms with Gasteiger partial charge in [-0.25, -0.2) is 0 Å². The van der Waals surface area contributed by atoms with Gasteiger partial charge in [0.2, 0.25) is 0 Å². The van der Waals surface area contributed by atoms with Gasteiger partial charge < -0.3 is 15.1 Å². The van der Waals surface area contributed by atoms with Crippen molar-refractivity contribution in [3.8, 4) is 0 Å². The first-order chi connectivity index (χ1) is 11.4. The molecule has 1 heterocycles. The second-order valence-corrected chi connectivity index (χ2v) is 6.48. The fourth-order valence-corrected chi connectivity index (χ4v) is 3.08. The lowest BCUT2D eigenvalue weighted by Gasteiger charge is -2.32. The summed E-state index contributed by atoms with van der Waals surface area (Å²) in [5.41, 5.74) is 0.979. The molecule has 1 aromatic carbocycles. The third-order valence-corrected chi connectivity index (χ3v) is 4.46. The molecule has 132 valence electrons. The molecule has 1 aromatic rings. The summed E-state index contributed by atoms with van der Waals surface area (Å²) in [6, 6.07) is 4.82. The number of nitro benzene ring substituents is 1. The summed E-state index contributed by atoms with van der Waals surface area (Å²) in [6.45, 7) is 5.02. The number of carbonyl (C=O) groups excluding carboxylic acids is 1. The number of anilines is 1. The lowest BCUT2D eigenvalue weighted by molar-refractivity contribution is -0.384. The van der Waals surface area contributed by atoms with Crippen LogP contribution in [0.2, 0.25) is 0 Å². The standard InChI is InChI=1S/C17H26N4O3/c1-13-5-4-9-20(12-13)15-7-6-14(11-16(15)21(23)24)17(22)19(3)10-8-18-2/h6-7,11,13,18H,4-5,8-10,12H2,1-3H3. The molecule has 0 spiro atoms. The number of rotatable bonds is 6. The van der Waals surface area contributed by atoms with Gasteiger partial charge in [-0.15, -0.1) is 0 Å². The zero-order valence-electron chi connectivity index (χ0n) is 14.6. The van der Waals surface area contributed by atoms with Crippen molar-refractivity contribution in [1.82, 2.24) is 10.2 Å². The Kier molecular flexibility index (Phi) is 6.14. The van der Waals surface area contributed by atoms with E-state index in [0.717, 1.165) is 25.9 Å². The number of carbonyl (C=O) groups is 1. The number of benzene rings is 1. The van der Waals surface area contributed by atoms with Crippen molar-refractivity contribution in [3.63, 3.8) is 0 Å². The molecule has 1 N–H and O–H groups in total. The summed E-state index contributed by atoms with van der Waals surface area (Å²) >= 11 is 0. The number of likely N-dealkylation sites (N-methyl/N-ethyl adjacent to an activating group) is 2. The molecular formula is C17H26N4O3. The molecule has 1 aliphatic heterocycles. The molecule has 0 aliphatic carbocycles. The third-order valence-electron chi connectivity index (χ3n) is 4.46. The van der Waals surface area contributed by atoms with E-state index in [-0.39, 0.29) is 16.5 Å². The van der Waals surface area contributed by atoms with E-state index < -0.39 is 0 Å². The largest absolute Gasteiger partial charge is 0.366 e. The SMILES string of the molecule is CNCCN(C)C(=O)c1ccc(N2CCCC(C)C2)c([N+](=O)[O-])c1. The van der Waals surface area contributed by atoms with E-state index in [1.807, 2.05) is 7.05 Å². The summed E-state index contributed by atoms with van der Waals surface area (Å²) in [6.07, 6.45) is 2.18. The van der Waals surface area contributed by atoms with E-state index in [2.05, 4.69) is 17.1 Å². The zero-order chi connectivity index (χ0) is 17.7. The molecule has 0 aromatic heterocycles. The van der Waals surface area contributed by atoms with Crippen molar-refractivity contribution in [1.29, 1.82) is 0 Å². The molecule has 7 nitrogen and oxygen atoms in total. The van der Waals surface area contributed by atoms with Gasteiger partial charge in [0.15, 0.2) is 0 Å². The monoisotopic (exact) mass is 334 g/mol. The molecule has 2 rings (SSSR count). The molecule has 0 bridgehead atoms. The van der Waals surface area contributed by atoms with Crippen LogP contribution in [-0.4, -0.2) is 56.0 Å². The average molecular weight is 334 g/mol. The Hall–Kier alpha value is -2.15. The normalized spacial score (nSPS) is 17.6. The van der Waals surface area contributed by atoms with Crippen molar-refractivity contribution < 1.29 is 9.72 Å². The van der Waals surface area contributed by atoms with Crippen molar-refractivity contribution in [2.75, 3.05) is 45.2 Å². The smallest absolute Gasteiger partial charge is 0.293 e. The summed E-state index contributed by atoms with van der Waals surface area (Å²) in [5, 5.41) is 14.5. The Labute approximate surface area is 142 Å². The Morgan fingerprint density at radius 3 is 2.88 bits per heavy atom. The van der Waals surface area contributed by atoms with Crippen LogP contribution in [0.5, 0.6) is 0 Å². The van der Waals surface area contributed by atoms with Crippen LogP contribution in [0.25, 0.3) is 0 Å². The molecule has 0 radical (unpaired) electrons.